The van der Waals surface area contributed by atoms with Gasteiger partial charge >= 0.3 is 0 Å². The van der Waals surface area contributed by atoms with Crippen molar-refractivity contribution in [3.63, 3.8) is 0 Å². The number of phenolic OH excluding ortho intramolecular Hbond substituents is 1. The van der Waals surface area contributed by atoms with Gasteiger partial charge in [0.2, 0.25) is 5.91 Å². The Hall–Kier alpha value is -3.13. The predicted octanol–water partition coefficient (Wildman–Crippen LogP) is 3.97. The van der Waals surface area contributed by atoms with Crippen LogP contribution < -0.4 is 10.1 Å². The minimum atomic E-state index is -0.669. The van der Waals surface area contributed by atoms with Gasteiger partial charge in [0.1, 0.15) is 5.82 Å². The zero-order valence-corrected chi connectivity index (χ0v) is 17.4. The van der Waals surface area contributed by atoms with Gasteiger partial charge in [0, 0.05) is 22.0 Å². The summed E-state index contributed by atoms with van der Waals surface area (Å²) in [6.45, 7) is 1.82. The third-order valence-electron chi connectivity index (χ3n) is 4.95. The van der Waals surface area contributed by atoms with E-state index < -0.39 is 5.92 Å². The van der Waals surface area contributed by atoms with Crippen molar-refractivity contribution in [1.29, 1.82) is 0 Å². The van der Waals surface area contributed by atoms with Crippen LogP contribution in [0.15, 0.2) is 46.9 Å². The lowest BCUT2D eigenvalue weighted by Crippen LogP contribution is -2.28. The lowest BCUT2D eigenvalue weighted by molar-refractivity contribution is -0.116. The molecule has 0 radical (unpaired) electrons. The Morgan fingerprint density at radius 3 is 2.69 bits per heavy atom. The van der Waals surface area contributed by atoms with Crippen molar-refractivity contribution in [1.82, 2.24) is 9.78 Å². The lowest BCUT2D eigenvalue weighted by Gasteiger charge is -2.23. The number of halogens is 1. The van der Waals surface area contributed by atoms with Crippen LogP contribution in [0.4, 0.5) is 5.82 Å². The van der Waals surface area contributed by atoms with Crippen molar-refractivity contribution >= 4 is 33.4 Å². The molecule has 0 bridgehead atoms. The molecule has 2 N–H and O–H groups in total. The van der Waals surface area contributed by atoms with E-state index in [0.29, 0.717) is 22.6 Å². The van der Waals surface area contributed by atoms with Crippen LogP contribution in [0.2, 0.25) is 0 Å². The third kappa shape index (κ3) is 3.40. The number of aryl methyl sites for hydroxylation is 1. The van der Waals surface area contributed by atoms with E-state index in [1.54, 1.807) is 4.68 Å². The smallest absolute Gasteiger partial charge is 0.226 e. The van der Waals surface area contributed by atoms with Crippen LogP contribution in [0, 0.1) is 6.92 Å². The molecule has 4 rings (SSSR count). The highest BCUT2D eigenvalue weighted by atomic mass is 79.9. The molecule has 0 saturated heterocycles. The SMILES string of the molecule is COc1cc(C(=O)[C@@H]2CC(=O)Nc3c2c(C)nn3-c2ccc(Br)cc2)ccc1O. The maximum Gasteiger partial charge on any atom is 0.226 e. The Kier molecular flexibility index (Phi) is 4.87. The second-order valence-electron chi connectivity index (χ2n) is 6.79. The number of anilines is 1. The van der Waals surface area contributed by atoms with Crippen molar-refractivity contribution in [2.45, 2.75) is 19.3 Å². The van der Waals surface area contributed by atoms with Gasteiger partial charge in [-0.2, -0.15) is 5.10 Å². The van der Waals surface area contributed by atoms with Gasteiger partial charge in [0.15, 0.2) is 17.3 Å². The van der Waals surface area contributed by atoms with E-state index in [1.807, 2.05) is 31.2 Å². The van der Waals surface area contributed by atoms with Gasteiger partial charge in [0.25, 0.3) is 0 Å². The molecule has 2 heterocycles. The number of carbonyl (C=O) groups excluding carboxylic acids is 2. The van der Waals surface area contributed by atoms with E-state index in [0.717, 1.165) is 10.2 Å². The number of carbonyl (C=O) groups is 2. The fraction of sp³-hybridized carbons (Fsp3) is 0.190. The molecule has 29 heavy (non-hydrogen) atoms. The average Bonchev–Trinajstić information content (AvgIpc) is 3.04. The van der Waals surface area contributed by atoms with E-state index in [-0.39, 0.29) is 29.6 Å². The number of hydrogen-bond acceptors (Lipinski definition) is 5. The molecular formula is C21H18BrN3O4. The summed E-state index contributed by atoms with van der Waals surface area (Å²) in [5, 5.41) is 17.2. The first kappa shape index (κ1) is 19.2. The van der Waals surface area contributed by atoms with Crippen molar-refractivity contribution in [3.8, 4) is 17.2 Å². The van der Waals surface area contributed by atoms with Crippen molar-refractivity contribution < 1.29 is 19.4 Å². The Morgan fingerprint density at radius 2 is 2.00 bits per heavy atom. The molecule has 1 amide bonds. The number of benzene rings is 2. The van der Waals surface area contributed by atoms with Gasteiger partial charge in [-0.3, -0.25) is 9.59 Å². The Labute approximate surface area is 175 Å². The number of aromatic nitrogens is 2. The van der Waals surface area contributed by atoms with Crippen LogP contribution in [0.3, 0.4) is 0 Å². The molecule has 3 aromatic rings. The third-order valence-corrected chi connectivity index (χ3v) is 5.48. The predicted molar refractivity (Wildman–Crippen MR) is 111 cm³/mol. The second-order valence-corrected chi connectivity index (χ2v) is 7.71. The molecule has 1 atom stereocenters. The Balaban J connectivity index is 1.80. The summed E-state index contributed by atoms with van der Waals surface area (Å²) in [6, 6.07) is 11.9. The molecule has 148 valence electrons. The normalized spacial score (nSPS) is 15.6. The van der Waals surface area contributed by atoms with Crippen molar-refractivity contribution in [2.24, 2.45) is 0 Å². The van der Waals surface area contributed by atoms with Crippen molar-refractivity contribution in [2.75, 3.05) is 12.4 Å². The van der Waals surface area contributed by atoms with E-state index in [4.69, 9.17) is 4.74 Å². The lowest BCUT2D eigenvalue weighted by atomic mass is 9.85. The summed E-state index contributed by atoms with van der Waals surface area (Å²) in [6.07, 6.45) is 0.0297. The van der Waals surface area contributed by atoms with Crippen LogP contribution in [0.25, 0.3) is 5.69 Å². The number of aromatic hydroxyl groups is 1. The van der Waals surface area contributed by atoms with Crippen LogP contribution in [0.5, 0.6) is 11.5 Å². The minimum absolute atomic E-state index is 0.0297. The molecule has 0 aliphatic carbocycles. The number of fused-ring (bicyclic) bond motifs is 1. The van der Waals surface area contributed by atoms with Gasteiger partial charge in [-0.05, 0) is 49.4 Å². The number of hydrogen-bond donors (Lipinski definition) is 2. The molecule has 7 nitrogen and oxygen atoms in total. The monoisotopic (exact) mass is 455 g/mol. The molecule has 8 heteroatoms. The molecule has 0 fully saturated rings. The Bertz CT molecular complexity index is 1120. The first-order chi connectivity index (χ1) is 13.9. The molecule has 1 aliphatic rings. The fourth-order valence-corrected chi connectivity index (χ4v) is 3.84. The zero-order valence-electron chi connectivity index (χ0n) is 15.8. The number of ketones is 1. The number of phenols is 1. The Morgan fingerprint density at radius 1 is 1.28 bits per heavy atom. The van der Waals surface area contributed by atoms with E-state index >= 15 is 0 Å². The average molecular weight is 456 g/mol. The first-order valence-corrected chi connectivity index (χ1v) is 9.75. The van der Waals surface area contributed by atoms with Crippen LogP contribution in [0.1, 0.15) is 34.0 Å². The highest BCUT2D eigenvalue weighted by molar-refractivity contribution is 9.10. The fourth-order valence-electron chi connectivity index (χ4n) is 3.57. The van der Waals surface area contributed by atoms with Crippen molar-refractivity contribution in [3.05, 3.63) is 63.8 Å². The molecular weight excluding hydrogens is 438 g/mol. The second kappa shape index (κ2) is 7.36. The summed E-state index contributed by atoms with van der Waals surface area (Å²) in [5.74, 6) is -0.482. The van der Waals surface area contributed by atoms with Gasteiger partial charge in [-0.1, -0.05) is 15.9 Å². The number of nitrogens with zero attached hydrogens (tertiary/aromatic N) is 2. The summed E-state index contributed by atoms with van der Waals surface area (Å²) in [5.41, 5.74) is 2.51. The number of ether oxygens (including phenoxy) is 1. The van der Waals surface area contributed by atoms with Crippen LogP contribution in [-0.2, 0) is 4.79 Å². The minimum Gasteiger partial charge on any atom is -0.504 e. The number of nitrogens with one attached hydrogen (secondary N) is 1. The van der Waals surface area contributed by atoms with Gasteiger partial charge in [-0.25, -0.2) is 4.68 Å². The van der Waals surface area contributed by atoms with Crippen LogP contribution in [-0.4, -0.2) is 33.7 Å². The number of rotatable bonds is 4. The number of methoxy groups -OCH3 is 1. The summed E-state index contributed by atoms with van der Waals surface area (Å²) >= 11 is 3.41. The summed E-state index contributed by atoms with van der Waals surface area (Å²) < 4.78 is 7.68. The standard InChI is InChI=1S/C21H18BrN3O4/c1-11-19-15(20(28)12-3-8-16(26)17(9-12)29-2)10-18(27)23-21(19)25(24-11)14-6-4-13(22)5-7-14/h3-9,15,26H,10H2,1-2H3,(H,23,27)/t15-/m1/s1. The van der Waals surface area contributed by atoms with Crippen LogP contribution >= 0.6 is 15.9 Å². The van der Waals surface area contributed by atoms with Gasteiger partial charge in [-0.15, -0.1) is 0 Å². The largest absolute Gasteiger partial charge is 0.504 e. The zero-order chi connectivity index (χ0) is 20.7. The maximum atomic E-state index is 13.3. The molecule has 0 spiro atoms. The number of amides is 1. The van der Waals surface area contributed by atoms with E-state index in [1.165, 1.54) is 25.3 Å². The quantitative estimate of drug-likeness (QED) is 0.580. The number of Topliss-reactive ketones (excluding diaryl/α,β-unsaturated/α-hetero) is 1. The van der Waals surface area contributed by atoms with Gasteiger partial charge in [0.05, 0.1) is 24.4 Å². The highest BCUT2D eigenvalue weighted by Crippen LogP contribution is 2.39. The molecule has 0 unspecified atom stereocenters. The van der Waals surface area contributed by atoms with E-state index in [2.05, 4.69) is 26.3 Å². The molecule has 0 saturated carbocycles. The topological polar surface area (TPSA) is 93.5 Å². The first-order valence-electron chi connectivity index (χ1n) is 8.95. The molecule has 1 aromatic heterocycles. The molecule has 1 aliphatic heterocycles. The summed E-state index contributed by atoms with van der Waals surface area (Å²) in [7, 11) is 1.42. The maximum absolute atomic E-state index is 13.3. The van der Waals surface area contributed by atoms with E-state index in [9.17, 15) is 14.7 Å². The highest BCUT2D eigenvalue weighted by Gasteiger charge is 2.36. The molecule has 2 aromatic carbocycles. The summed E-state index contributed by atoms with van der Waals surface area (Å²) in [4.78, 5) is 25.7. The van der Waals surface area contributed by atoms with Gasteiger partial charge < -0.3 is 15.2 Å².